The molecule has 1 spiro atoms. The monoisotopic (exact) mass is 318 g/mol. The molecule has 2 N–H and O–H groups in total. The SMILES string of the molecule is CCc1ccnc(C(=O)NC2CCOC3(C2)CC(C(=O)O)C3)c1. The first kappa shape index (κ1) is 15.9. The van der Waals surface area contributed by atoms with Crippen molar-refractivity contribution in [1.82, 2.24) is 10.3 Å². The maximum atomic E-state index is 12.4. The van der Waals surface area contributed by atoms with Crippen molar-refractivity contribution in [2.24, 2.45) is 5.92 Å². The molecule has 1 unspecified atom stereocenters. The summed E-state index contributed by atoms with van der Waals surface area (Å²) in [6, 6.07) is 3.73. The third-order valence-electron chi connectivity index (χ3n) is 4.88. The van der Waals surface area contributed by atoms with Gasteiger partial charge in [0.2, 0.25) is 0 Å². The van der Waals surface area contributed by atoms with Crippen LogP contribution in [0.2, 0.25) is 0 Å². The van der Waals surface area contributed by atoms with Crippen molar-refractivity contribution in [2.45, 2.75) is 50.7 Å². The number of rotatable bonds is 4. The van der Waals surface area contributed by atoms with E-state index in [0.717, 1.165) is 18.4 Å². The van der Waals surface area contributed by atoms with Crippen LogP contribution in [0.5, 0.6) is 0 Å². The van der Waals surface area contributed by atoms with E-state index < -0.39 is 5.97 Å². The highest BCUT2D eigenvalue weighted by Gasteiger charge is 2.51. The van der Waals surface area contributed by atoms with Gasteiger partial charge in [-0.3, -0.25) is 14.6 Å². The predicted molar refractivity (Wildman–Crippen MR) is 83.1 cm³/mol. The van der Waals surface area contributed by atoms with Crippen LogP contribution in [0.4, 0.5) is 0 Å². The number of nitrogens with one attached hydrogen (secondary N) is 1. The standard InChI is InChI=1S/C17H22N2O4/c1-2-11-3-5-18-14(7-11)15(20)19-13-4-6-23-17(10-13)8-12(9-17)16(21)22/h3,5,7,12-13H,2,4,6,8-10H2,1H3,(H,19,20)(H,21,22). The van der Waals surface area contributed by atoms with Crippen molar-refractivity contribution in [3.8, 4) is 0 Å². The van der Waals surface area contributed by atoms with Gasteiger partial charge in [0, 0.05) is 18.8 Å². The first-order valence-corrected chi connectivity index (χ1v) is 8.14. The molecule has 1 aromatic heterocycles. The average Bonchev–Trinajstić information content (AvgIpc) is 2.52. The number of carbonyl (C=O) groups is 2. The fourth-order valence-corrected chi connectivity index (χ4v) is 3.53. The van der Waals surface area contributed by atoms with Gasteiger partial charge >= 0.3 is 5.97 Å². The zero-order valence-corrected chi connectivity index (χ0v) is 13.2. The van der Waals surface area contributed by atoms with Crippen molar-refractivity contribution >= 4 is 11.9 Å². The summed E-state index contributed by atoms with van der Waals surface area (Å²) in [7, 11) is 0. The molecule has 6 heteroatoms. The largest absolute Gasteiger partial charge is 0.481 e. The predicted octanol–water partition coefficient (Wildman–Crippen LogP) is 1.79. The molecule has 1 aromatic rings. The summed E-state index contributed by atoms with van der Waals surface area (Å²) in [5, 5.41) is 12.0. The molecule has 2 aliphatic rings. The lowest BCUT2D eigenvalue weighted by Crippen LogP contribution is -2.56. The van der Waals surface area contributed by atoms with Crippen LogP contribution in [-0.4, -0.2) is 40.2 Å². The van der Waals surface area contributed by atoms with Gasteiger partial charge in [0.05, 0.1) is 11.5 Å². The first-order chi connectivity index (χ1) is 11.0. The van der Waals surface area contributed by atoms with Crippen molar-refractivity contribution < 1.29 is 19.4 Å². The number of amides is 1. The van der Waals surface area contributed by atoms with Crippen LogP contribution in [0.25, 0.3) is 0 Å². The van der Waals surface area contributed by atoms with Gasteiger partial charge in [-0.25, -0.2) is 0 Å². The Bertz CT molecular complexity index is 610. The normalized spacial score (nSPS) is 29.8. The topological polar surface area (TPSA) is 88.5 Å². The Hall–Kier alpha value is -1.95. The lowest BCUT2D eigenvalue weighted by molar-refractivity contribution is -0.181. The molecular formula is C17H22N2O4. The molecule has 0 bridgehead atoms. The summed E-state index contributed by atoms with van der Waals surface area (Å²) in [6.07, 6.45) is 5.02. The smallest absolute Gasteiger partial charge is 0.306 e. The number of carboxylic acids is 1. The minimum atomic E-state index is -0.758. The van der Waals surface area contributed by atoms with Gasteiger partial charge in [0.1, 0.15) is 5.69 Å². The highest BCUT2D eigenvalue weighted by molar-refractivity contribution is 5.92. The zero-order valence-electron chi connectivity index (χ0n) is 13.2. The van der Waals surface area contributed by atoms with Crippen molar-refractivity contribution in [1.29, 1.82) is 0 Å². The lowest BCUT2D eigenvalue weighted by atomic mass is 9.66. The Balaban J connectivity index is 1.59. The Morgan fingerprint density at radius 1 is 1.43 bits per heavy atom. The lowest BCUT2D eigenvalue weighted by Gasteiger charge is -2.50. The highest BCUT2D eigenvalue weighted by atomic mass is 16.5. The van der Waals surface area contributed by atoms with Crippen molar-refractivity contribution in [3.05, 3.63) is 29.6 Å². The second-order valence-corrected chi connectivity index (χ2v) is 6.54. The number of hydrogen-bond donors (Lipinski definition) is 2. The van der Waals surface area contributed by atoms with E-state index in [0.29, 0.717) is 31.6 Å². The molecule has 2 heterocycles. The fourth-order valence-electron chi connectivity index (χ4n) is 3.53. The Morgan fingerprint density at radius 2 is 2.22 bits per heavy atom. The zero-order chi connectivity index (χ0) is 16.4. The van der Waals surface area contributed by atoms with Crippen LogP contribution in [0.3, 0.4) is 0 Å². The number of aliphatic carboxylic acids is 1. The molecule has 2 fully saturated rings. The molecule has 124 valence electrons. The Morgan fingerprint density at radius 3 is 2.91 bits per heavy atom. The number of ether oxygens (including phenoxy) is 1. The number of pyridine rings is 1. The van der Waals surface area contributed by atoms with Crippen LogP contribution < -0.4 is 5.32 Å². The van der Waals surface area contributed by atoms with Crippen molar-refractivity contribution in [2.75, 3.05) is 6.61 Å². The molecule has 1 saturated carbocycles. The van der Waals surface area contributed by atoms with Crippen LogP contribution in [-0.2, 0) is 16.0 Å². The maximum absolute atomic E-state index is 12.4. The van der Waals surface area contributed by atoms with Crippen LogP contribution in [0, 0.1) is 5.92 Å². The maximum Gasteiger partial charge on any atom is 0.306 e. The molecule has 0 radical (unpaired) electrons. The van der Waals surface area contributed by atoms with E-state index >= 15 is 0 Å². The van der Waals surface area contributed by atoms with E-state index in [1.807, 2.05) is 19.1 Å². The second kappa shape index (κ2) is 6.28. The fraction of sp³-hybridized carbons (Fsp3) is 0.588. The summed E-state index contributed by atoms with van der Waals surface area (Å²) in [6.45, 7) is 2.59. The summed E-state index contributed by atoms with van der Waals surface area (Å²) in [4.78, 5) is 27.5. The molecular weight excluding hydrogens is 296 g/mol. The molecule has 6 nitrogen and oxygen atoms in total. The average molecular weight is 318 g/mol. The number of hydrogen-bond acceptors (Lipinski definition) is 4. The molecule has 23 heavy (non-hydrogen) atoms. The minimum absolute atomic E-state index is 0.0121. The quantitative estimate of drug-likeness (QED) is 0.883. The van der Waals surface area contributed by atoms with E-state index in [4.69, 9.17) is 9.84 Å². The number of aryl methyl sites for hydroxylation is 1. The first-order valence-electron chi connectivity index (χ1n) is 8.14. The summed E-state index contributed by atoms with van der Waals surface area (Å²) < 4.78 is 5.81. The van der Waals surface area contributed by atoms with E-state index in [-0.39, 0.29) is 23.5 Å². The third kappa shape index (κ3) is 3.37. The minimum Gasteiger partial charge on any atom is -0.481 e. The van der Waals surface area contributed by atoms with E-state index in [2.05, 4.69) is 10.3 Å². The molecule has 1 atom stereocenters. The van der Waals surface area contributed by atoms with E-state index in [9.17, 15) is 9.59 Å². The molecule has 1 saturated heterocycles. The number of carbonyl (C=O) groups excluding carboxylic acids is 1. The van der Waals surface area contributed by atoms with Gasteiger partial charge in [-0.15, -0.1) is 0 Å². The summed E-state index contributed by atoms with van der Waals surface area (Å²) in [5.74, 6) is -1.24. The van der Waals surface area contributed by atoms with E-state index in [1.54, 1.807) is 6.20 Å². The van der Waals surface area contributed by atoms with Gasteiger partial charge in [0.25, 0.3) is 5.91 Å². The molecule has 0 aromatic carbocycles. The van der Waals surface area contributed by atoms with E-state index in [1.165, 1.54) is 0 Å². The van der Waals surface area contributed by atoms with Crippen LogP contribution in [0.1, 0.15) is 48.7 Å². The molecule has 1 aliphatic heterocycles. The van der Waals surface area contributed by atoms with Crippen LogP contribution >= 0.6 is 0 Å². The molecule has 1 aliphatic carbocycles. The van der Waals surface area contributed by atoms with Gasteiger partial charge in [-0.05, 0) is 49.8 Å². The van der Waals surface area contributed by atoms with Crippen LogP contribution in [0.15, 0.2) is 18.3 Å². The number of aromatic nitrogens is 1. The third-order valence-corrected chi connectivity index (χ3v) is 4.88. The van der Waals surface area contributed by atoms with Gasteiger partial charge < -0.3 is 15.2 Å². The van der Waals surface area contributed by atoms with Gasteiger partial charge in [0.15, 0.2) is 0 Å². The Labute approximate surface area is 135 Å². The summed E-state index contributed by atoms with van der Waals surface area (Å²) in [5.41, 5.74) is 1.15. The molecule has 3 rings (SSSR count). The van der Waals surface area contributed by atoms with Crippen molar-refractivity contribution in [3.63, 3.8) is 0 Å². The second-order valence-electron chi connectivity index (χ2n) is 6.54. The molecule has 1 amide bonds. The number of nitrogens with zero attached hydrogens (tertiary/aromatic N) is 1. The highest BCUT2D eigenvalue weighted by Crippen LogP contribution is 2.46. The van der Waals surface area contributed by atoms with Gasteiger partial charge in [-0.1, -0.05) is 6.92 Å². The van der Waals surface area contributed by atoms with Gasteiger partial charge in [-0.2, -0.15) is 0 Å². The Kier molecular flexibility index (Phi) is 4.35. The number of carboxylic acid groups (broad SMARTS) is 1. The summed E-state index contributed by atoms with van der Waals surface area (Å²) >= 11 is 0.